The SMILES string of the molecule is Cc1cc(C)n(CCCOc2ccccc2CN)c(=O)n1. The van der Waals surface area contributed by atoms with E-state index in [0.717, 1.165) is 29.1 Å². The summed E-state index contributed by atoms with van der Waals surface area (Å²) in [6.07, 6.45) is 0.740. The minimum atomic E-state index is -0.199. The zero-order valence-electron chi connectivity index (χ0n) is 12.5. The van der Waals surface area contributed by atoms with Crippen LogP contribution >= 0.6 is 0 Å². The Kier molecular flexibility index (Phi) is 5.11. The number of nitrogens with two attached hydrogens (primary N) is 1. The van der Waals surface area contributed by atoms with Gasteiger partial charge >= 0.3 is 5.69 Å². The first-order valence-electron chi connectivity index (χ1n) is 7.07. The maximum Gasteiger partial charge on any atom is 0.347 e. The highest BCUT2D eigenvalue weighted by Crippen LogP contribution is 2.17. The van der Waals surface area contributed by atoms with Gasteiger partial charge in [0.05, 0.1) is 6.61 Å². The average Bonchev–Trinajstić information content (AvgIpc) is 2.45. The average molecular weight is 287 g/mol. The molecule has 0 bridgehead atoms. The van der Waals surface area contributed by atoms with E-state index >= 15 is 0 Å². The lowest BCUT2D eigenvalue weighted by atomic mass is 10.2. The van der Waals surface area contributed by atoms with Crippen LogP contribution in [0.3, 0.4) is 0 Å². The van der Waals surface area contributed by atoms with Crippen LogP contribution in [-0.4, -0.2) is 16.2 Å². The van der Waals surface area contributed by atoms with Crippen molar-refractivity contribution in [2.24, 2.45) is 5.73 Å². The molecule has 0 aliphatic rings. The Morgan fingerprint density at radius 2 is 2.05 bits per heavy atom. The Labute approximate surface area is 124 Å². The number of aromatic nitrogens is 2. The Morgan fingerprint density at radius 1 is 1.29 bits per heavy atom. The number of hydrogen-bond acceptors (Lipinski definition) is 4. The minimum Gasteiger partial charge on any atom is -0.493 e. The summed E-state index contributed by atoms with van der Waals surface area (Å²) in [4.78, 5) is 15.8. The molecule has 1 aromatic heterocycles. The third kappa shape index (κ3) is 3.92. The van der Waals surface area contributed by atoms with Crippen molar-refractivity contribution in [3.63, 3.8) is 0 Å². The monoisotopic (exact) mass is 287 g/mol. The fourth-order valence-electron chi connectivity index (χ4n) is 2.26. The molecular weight excluding hydrogens is 266 g/mol. The molecule has 0 spiro atoms. The van der Waals surface area contributed by atoms with E-state index in [4.69, 9.17) is 10.5 Å². The number of benzene rings is 1. The first-order chi connectivity index (χ1) is 10.1. The predicted octanol–water partition coefficient (Wildman–Crippen LogP) is 1.79. The lowest BCUT2D eigenvalue weighted by Crippen LogP contribution is -2.26. The maximum atomic E-state index is 11.8. The van der Waals surface area contributed by atoms with E-state index < -0.39 is 0 Å². The number of rotatable bonds is 6. The molecule has 1 heterocycles. The smallest absolute Gasteiger partial charge is 0.347 e. The van der Waals surface area contributed by atoms with E-state index in [9.17, 15) is 4.79 Å². The third-order valence-corrected chi connectivity index (χ3v) is 3.32. The molecule has 2 aromatic rings. The highest BCUT2D eigenvalue weighted by atomic mass is 16.5. The van der Waals surface area contributed by atoms with Gasteiger partial charge in [0, 0.05) is 30.0 Å². The molecular formula is C16H21N3O2. The molecule has 0 radical (unpaired) electrons. The topological polar surface area (TPSA) is 70.1 Å². The van der Waals surface area contributed by atoms with Crippen LogP contribution < -0.4 is 16.2 Å². The lowest BCUT2D eigenvalue weighted by molar-refractivity contribution is 0.297. The minimum absolute atomic E-state index is 0.199. The molecule has 0 fully saturated rings. The Bertz CT molecular complexity index is 665. The van der Waals surface area contributed by atoms with Gasteiger partial charge < -0.3 is 10.5 Å². The zero-order chi connectivity index (χ0) is 15.2. The molecule has 0 aliphatic heterocycles. The molecule has 0 saturated heterocycles. The molecule has 2 rings (SSSR count). The normalized spacial score (nSPS) is 10.6. The fourth-order valence-corrected chi connectivity index (χ4v) is 2.26. The Morgan fingerprint density at radius 3 is 2.76 bits per heavy atom. The van der Waals surface area contributed by atoms with Gasteiger partial charge in [0.1, 0.15) is 5.75 Å². The Hall–Kier alpha value is -2.14. The first-order valence-corrected chi connectivity index (χ1v) is 7.07. The standard InChI is InChI=1S/C16H21N3O2/c1-12-10-13(2)19(16(20)18-12)8-5-9-21-15-7-4-3-6-14(15)11-17/h3-4,6-7,10H,5,8-9,11,17H2,1-2H3. The van der Waals surface area contributed by atoms with Gasteiger partial charge in [0.15, 0.2) is 0 Å². The fraction of sp³-hybridized carbons (Fsp3) is 0.375. The van der Waals surface area contributed by atoms with Gasteiger partial charge in [0.25, 0.3) is 0 Å². The van der Waals surface area contributed by atoms with Gasteiger partial charge in [-0.1, -0.05) is 18.2 Å². The van der Waals surface area contributed by atoms with Gasteiger partial charge in [-0.3, -0.25) is 4.57 Å². The number of para-hydroxylation sites is 1. The van der Waals surface area contributed by atoms with Crippen molar-refractivity contribution < 1.29 is 4.74 Å². The van der Waals surface area contributed by atoms with Crippen LogP contribution in [0.4, 0.5) is 0 Å². The molecule has 0 saturated carbocycles. The zero-order valence-corrected chi connectivity index (χ0v) is 12.5. The Balaban J connectivity index is 1.92. The van der Waals surface area contributed by atoms with Crippen molar-refractivity contribution in [3.05, 3.63) is 57.8 Å². The van der Waals surface area contributed by atoms with Gasteiger partial charge in [-0.05, 0) is 32.4 Å². The molecule has 1 aromatic carbocycles. The van der Waals surface area contributed by atoms with Crippen LogP contribution in [0.2, 0.25) is 0 Å². The molecule has 0 aliphatic carbocycles. The predicted molar refractivity (Wildman–Crippen MR) is 82.4 cm³/mol. The summed E-state index contributed by atoms with van der Waals surface area (Å²) < 4.78 is 7.41. The molecule has 5 heteroatoms. The van der Waals surface area contributed by atoms with Crippen LogP contribution in [0.5, 0.6) is 5.75 Å². The largest absolute Gasteiger partial charge is 0.493 e. The van der Waals surface area contributed by atoms with Crippen LogP contribution in [0.25, 0.3) is 0 Å². The van der Waals surface area contributed by atoms with E-state index in [1.165, 1.54) is 0 Å². The van der Waals surface area contributed by atoms with Gasteiger partial charge in [-0.15, -0.1) is 0 Å². The third-order valence-electron chi connectivity index (χ3n) is 3.32. The maximum absolute atomic E-state index is 11.8. The summed E-state index contributed by atoms with van der Waals surface area (Å²) in [7, 11) is 0. The van der Waals surface area contributed by atoms with E-state index in [0.29, 0.717) is 19.7 Å². The second-order valence-corrected chi connectivity index (χ2v) is 4.99. The lowest BCUT2D eigenvalue weighted by Gasteiger charge is -2.12. The summed E-state index contributed by atoms with van der Waals surface area (Å²) >= 11 is 0. The molecule has 0 amide bonds. The van der Waals surface area contributed by atoms with Crippen molar-refractivity contribution in [2.45, 2.75) is 33.4 Å². The molecule has 112 valence electrons. The number of aryl methyl sites for hydroxylation is 2. The van der Waals surface area contributed by atoms with Crippen molar-refractivity contribution in [1.82, 2.24) is 9.55 Å². The summed E-state index contributed by atoms with van der Waals surface area (Å²) in [6.45, 7) is 5.34. The molecule has 2 N–H and O–H groups in total. The van der Waals surface area contributed by atoms with Crippen LogP contribution in [-0.2, 0) is 13.1 Å². The van der Waals surface area contributed by atoms with E-state index in [1.807, 2.05) is 44.2 Å². The highest BCUT2D eigenvalue weighted by Gasteiger charge is 2.04. The second-order valence-electron chi connectivity index (χ2n) is 4.99. The van der Waals surface area contributed by atoms with Crippen molar-refractivity contribution in [2.75, 3.05) is 6.61 Å². The summed E-state index contributed by atoms with van der Waals surface area (Å²) in [5.41, 5.74) is 8.13. The van der Waals surface area contributed by atoms with Gasteiger partial charge in [-0.25, -0.2) is 4.79 Å². The summed E-state index contributed by atoms with van der Waals surface area (Å²) in [6, 6.07) is 9.63. The molecule has 5 nitrogen and oxygen atoms in total. The quantitative estimate of drug-likeness (QED) is 0.822. The highest BCUT2D eigenvalue weighted by molar-refractivity contribution is 5.32. The van der Waals surface area contributed by atoms with Gasteiger partial charge in [0.2, 0.25) is 0 Å². The van der Waals surface area contributed by atoms with Crippen LogP contribution in [0, 0.1) is 13.8 Å². The molecule has 21 heavy (non-hydrogen) atoms. The van der Waals surface area contributed by atoms with Gasteiger partial charge in [-0.2, -0.15) is 4.98 Å². The van der Waals surface area contributed by atoms with E-state index in [2.05, 4.69) is 4.98 Å². The van der Waals surface area contributed by atoms with Crippen LogP contribution in [0.1, 0.15) is 23.4 Å². The number of hydrogen-bond donors (Lipinski definition) is 1. The first kappa shape index (κ1) is 15.3. The van der Waals surface area contributed by atoms with E-state index in [1.54, 1.807) is 4.57 Å². The van der Waals surface area contributed by atoms with Crippen molar-refractivity contribution >= 4 is 0 Å². The summed E-state index contributed by atoms with van der Waals surface area (Å²) in [5, 5.41) is 0. The van der Waals surface area contributed by atoms with Crippen molar-refractivity contribution in [1.29, 1.82) is 0 Å². The molecule has 0 unspecified atom stereocenters. The number of ether oxygens (including phenoxy) is 1. The second kappa shape index (κ2) is 7.04. The van der Waals surface area contributed by atoms with Crippen LogP contribution in [0.15, 0.2) is 35.1 Å². The van der Waals surface area contributed by atoms with E-state index in [-0.39, 0.29) is 5.69 Å². The van der Waals surface area contributed by atoms with Crippen molar-refractivity contribution in [3.8, 4) is 5.75 Å². The molecule has 0 atom stereocenters. The summed E-state index contributed by atoms with van der Waals surface area (Å²) in [5.74, 6) is 0.811. The number of nitrogens with zero attached hydrogens (tertiary/aromatic N) is 2.